The monoisotopic (exact) mass is 256 g/mol. The van der Waals surface area contributed by atoms with Crippen LogP contribution in [0.5, 0.6) is 0 Å². The first-order valence-electron chi connectivity index (χ1n) is 6.97. The van der Waals surface area contributed by atoms with Crippen molar-refractivity contribution in [3.05, 3.63) is 60.4 Å². The molecule has 0 saturated heterocycles. The summed E-state index contributed by atoms with van der Waals surface area (Å²) in [5, 5.41) is 0. The summed E-state index contributed by atoms with van der Waals surface area (Å²) >= 11 is 0. The van der Waals surface area contributed by atoms with Crippen molar-refractivity contribution in [3.63, 3.8) is 0 Å². The van der Waals surface area contributed by atoms with E-state index >= 15 is 0 Å². The molecule has 0 bridgehead atoms. The fourth-order valence-electron chi connectivity index (χ4n) is 2.96. The summed E-state index contributed by atoms with van der Waals surface area (Å²) in [6, 6.07) is 0. The summed E-state index contributed by atoms with van der Waals surface area (Å²) in [6.07, 6.45) is 10.1. The quantitative estimate of drug-likeness (QED) is 0.636. The SMILES string of the molecule is C=CC=[N+]1C(=C)C(C)=C(C=CC)C(=C)C1(CC)CC. The second kappa shape index (κ2) is 6.01. The van der Waals surface area contributed by atoms with Gasteiger partial charge in [0.25, 0.3) is 0 Å². The van der Waals surface area contributed by atoms with Gasteiger partial charge in [0.2, 0.25) is 5.70 Å². The molecule has 0 aromatic rings. The Kier molecular flexibility index (Phi) is 4.88. The number of allylic oxidation sites excluding steroid dienone is 4. The Morgan fingerprint density at radius 3 is 2.21 bits per heavy atom. The van der Waals surface area contributed by atoms with Crippen molar-refractivity contribution in [1.29, 1.82) is 0 Å². The van der Waals surface area contributed by atoms with Crippen molar-refractivity contribution in [2.24, 2.45) is 0 Å². The van der Waals surface area contributed by atoms with Crippen molar-refractivity contribution in [1.82, 2.24) is 0 Å². The van der Waals surface area contributed by atoms with Gasteiger partial charge in [-0.15, -0.1) is 0 Å². The molecule has 102 valence electrons. The van der Waals surface area contributed by atoms with Crippen LogP contribution < -0.4 is 0 Å². The van der Waals surface area contributed by atoms with Crippen LogP contribution in [0.15, 0.2) is 60.4 Å². The van der Waals surface area contributed by atoms with Gasteiger partial charge in [-0.1, -0.05) is 39.2 Å². The summed E-state index contributed by atoms with van der Waals surface area (Å²) in [6.45, 7) is 21.0. The molecule has 1 nitrogen and oxygen atoms in total. The van der Waals surface area contributed by atoms with E-state index in [-0.39, 0.29) is 5.54 Å². The largest absolute Gasteiger partial charge is 0.202 e. The Balaban J connectivity index is 3.64. The van der Waals surface area contributed by atoms with E-state index in [9.17, 15) is 0 Å². The topological polar surface area (TPSA) is 3.01 Å². The van der Waals surface area contributed by atoms with Crippen LogP contribution in [0.3, 0.4) is 0 Å². The lowest BCUT2D eigenvalue weighted by molar-refractivity contribution is -0.549. The highest BCUT2D eigenvalue weighted by atomic mass is 15.1. The Morgan fingerprint density at radius 1 is 1.21 bits per heavy atom. The zero-order valence-electron chi connectivity index (χ0n) is 12.8. The molecule has 0 radical (unpaired) electrons. The second-order valence-electron chi connectivity index (χ2n) is 4.96. The lowest BCUT2D eigenvalue weighted by Crippen LogP contribution is -2.46. The number of hydrogen-bond donors (Lipinski definition) is 0. The van der Waals surface area contributed by atoms with Gasteiger partial charge < -0.3 is 0 Å². The Hall–Kier alpha value is -1.63. The zero-order valence-corrected chi connectivity index (χ0v) is 12.8. The van der Waals surface area contributed by atoms with Crippen LogP contribution in [0, 0.1) is 0 Å². The highest BCUT2D eigenvalue weighted by molar-refractivity contribution is 5.67. The van der Waals surface area contributed by atoms with Gasteiger partial charge >= 0.3 is 0 Å². The maximum Gasteiger partial charge on any atom is 0.202 e. The molecule has 0 aromatic carbocycles. The van der Waals surface area contributed by atoms with E-state index in [1.807, 2.05) is 19.2 Å². The maximum atomic E-state index is 4.38. The predicted molar refractivity (Wildman–Crippen MR) is 85.6 cm³/mol. The van der Waals surface area contributed by atoms with Gasteiger partial charge in [0.05, 0.1) is 0 Å². The third-order valence-corrected chi connectivity index (χ3v) is 4.23. The van der Waals surface area contributed by atoms with Crippen LogP contribution in [0.4, 0.5) is 0 Å². The molecule has 0 spiro atoms. The first kappa shape index (κ1) is 15.4. The second-order valence-corrected chi connectivity index (χ2v) is 4.96. The molecule has 0 N–H and O–H groups in total. The summed E-state index contributed by atoms with van der Waals surface area (Å²) < 4.78 is 2.24. The lowest BCUT2D eigenvalue weighted by Gasteiger charge is -2.36. The summed E-state index contributed by atoms with van der Waals surface area (Å²) in [5.74, 6) is 0. The molecule has 0 unspecified atom stereocenters. The number of rotatable bonds is 4. The third kappa shape index (κ3) is 2.30. The van der Waals surface area contributed by atoms with Gasteiger partial charge in [-0.05, 0) is 32.1 Å². The molecule has 1 aliphatic rings. The van der Waals surface area contributed by atoms with Crippen LogP contribution in [-0.2, 0) is 0 Å². The predicted octanol–water partition coefficient (Wildman–Crippen LogP) is 4.79. The molecule has 0 aromatic heterocycles. The normalized spacial score (nSPS) is 21.6. The molecule has 0 atom stereocenters. The van der Waals surface area contributed by atoms with Crippen LogP contribution in [0.1, 0.15) is 40.5 Å². The van der Waals surface area contributed by atoms with E-state index in [1.54, 1.807) is 0 Å². The molecule has 0 saturated carbocycles. The summed E-state index contributed by atoms with van der Waals surface area (Å²) in [5.41, 5.74) is 4.56. The molecule has 1 rings (SSSR count). The van der Waals surface area contributed by atoms with Gasteiger partial charge in [-0.2, -0.15) is 4.58 Å². The first-order chi connectivity index (χ1) is 8.99. The van der Waals surface area contributed by atoms with E-state index in [1.165, 1.54) is 16.7 Å². The van der Waals surface area contributed by atoms with Gasteiger partial charge in [0.15, 0.2) is 11.8 Å². The van der Waals surface area contributed by atoms with Crippen molar-refractivity contribution in [2.45, 2.75) is 46.1 Å². The summed E-state index contributed by atoms with van der Waals surface area (Å²) in [4.78, 5) is 0. The molecule has 0 aliphatic carbocycles. The molecule has 0 amide bonds. The first-order valence-corrected chi connectivity index (χ1v) is 6.97. The minimum Gasteiger partial charge on any atom is -0.189 e. The van der Waals surface area contributed by atoms with Crippen LogP contribution in [0.25, 0.3) is 0 Å². The minimum absolute atomic E-state index is 0.0837. The van der Waals surface area contributed by atoms with Crippen LogP contribution in [-0.4, -0.2) is 16.3 Å². The molecule has 19 heavy (non-hydrogen) atoms. The molecule has 1 heteroatoms. The average molecular weight is 256 g/mol. The zero-order chi connectivity index (χ0) is 14.6. The standard InChI is InChI=1S/C18H26N/c1-8-12-17-14(5)16(7)19(13-9-2)18(10-3,11-4)15(17)6/h8-9,12-13H,2,6-7,10-11H2,1,3-5H3/q+1. The lowest BCUT2D eigenvalue weighted by atomic mass is 9.75. The Morgan fingerprint density at radius 2 is 1.79 bits per heavy atom. The minimum atomic E-state index is -0.0837. The summed E-state index contributed by atoms with van der Waals surface area (Å²) in [7, 11) is 0. The van der Waals surface area contributed by atoms with E-state index in [0.717, 1.165) is 18.5 Å². The molecular formula is C18H26N+. The molecule has 1 heterocycles. The number of nitrogens with zero attached hydrogens (tertiary/aromatic N) is 1. The number of hydrogen-bond acceptors (Lipinski definition) is 0. The highest BCUT2D eigenvalue weighted by Crippen LogP contribution is 2.42. The van der Waals surface area contributed by atoms with E-state index in [2.05, 4.69) is 57.2 Å². The van der Waals surface area contributed by atoms with E-state index in [0.29, 0.717) is 0 Å². The van der Waals surface area contributed by atoms with Gasteiger partial charge in [-0.3, -0.25) is 0 Å². The average Bonchev–Trinajstić information content (AvgIpc) is 2.42. The molecular weight excluding hydrogens is 230 g/mol. The van der Waals surface area contributed by atoms with E-state index < -0.39 is 0 Å². The Bertz CT molecular complexity index is 494. The van der Waals surface area contributed by atoms with Crippen LogP contribution >= 0.6 is 0 Å². The molecule has 1 aliphatic heterocycles. The van der Waals surface area contributed by atoms with Crippen LogP contribution in [0.2, 0.25) is 0 Å². The fourth-order valence-corrected chi connectivity index (χ4v) is 2.96. The van der Waals surface area contributed by atoms with Crippen molar-refractivity contribution in [2.75, 3.05) is 0 Å². The van der Waals surface area contributed by atoms with E-state index in [4.69, 9.17) is 0 Å². The highest BCUT2D eigenvalue weighted by Gasteiger charge is 2.47. The smallest absolute Gasteiger partial charge is 0.189 e. The van der Waals surface area contributed by atoms with Crippen molar-refractivity contribution < 1.29 is 4.58 Å². The molecule has 0 fully saturated rings. The van der Waals surface area contributed by atoms with Gasteiger partial charge in [0, 0.05) is 24.0 Å². The van der Waals surface area contributed by atoms with Gasteiger partial charge in [-0.25, -0.2) is 0 Å². The maximum absolute atomic E-state index is 4.38. The van der Waals surface area contributed by atoms with Gasteiger partial charge in [0.1, 0.15) is 0 Å². The van der Waals surface area contributed by atoms with Crippen molar-refractivity contribution in [3.8, 4) is 0 Å². The van der Waals surface area contributed by atoms with Crippen molar-refractivity contribution >= 4 is 6.21 Å². The third-order valence-electron chi connectivity index (χ3n) is 4.23. The Labute approximate surface area is 118 Å². The fraction of sp³-hybridized carbons (Fsp3) is 0.389.